The van der Waals surface area contributed by atoms with Crippen LogP contribution in [-0.4, -0.2) is 5.11 Å². The predicted molar refractivity (Wildman–Crippen MR) is 64.8 cm³/mol. The van der Waals surface area contributed by atoms with Crippen molar-refractivity contribution in [2.75, 3.05) is 0 Å². The van der Waals surface area contributed by atoms with Gasteiger partial charge in [-0.2, -0.15) is 0 Å². The number of hydrogen-bond acceptors (Lipinski definition) is 1. The Labute approximate surface area is 97.3 Å². The lowest BCUT2D eigenvalue weighted by Gasteiger charge is -2.24. The summed E-state index contributed by atoms with van der Waals surface area (Å²) in [5, 5.41) is 10.3. The van der Waals surface area contributed by atoms with Crippen LogP contribution >= 0.6 is 0 Å². The standard InChI is InChI=1S/C14H21FO/c1-4-5-6-9-14(3,16)12-7-8-13(15)11(2)10-12/h7-8,10,16H,4-6,9H2,1-3H3. The van der Waals surface area contributed by atoms with Gasteiger partial charge in [-0.15, -0.1) is 0 Å². The van der Waals surface area contributed by atoms with Gasteiger partial charge in [0.05, 0.1) is 5.60 Å². The molecule has 1 aromatic carbocycles. The summed E-state index contributed by atoms with van der Waals surface area (Å²) >= 11 is 0. The van der Waals surface area contributed by atoms with Gasteiger partial charge in [0.15, 0.2) is 0 Å². The van der Waals surface area contributed by atoms with Gasteiger partial charge < -0.3 is 5.11 Å². The Morgan fingerprint density at radius 3 is 2.56 bits per heavy atom. The van der Waals surface area contributed by atoms with E-state index >= 15 is 0 Å². The van der Waals surface area contributed by atoms with E-state index in [1.165, 1.54) is 6.07 Å². The molecule has 0 saturated heterocycles. The van der Waals surface area contributed by atoms with Crippen molar-refractivity contribution in [3.8, 4) is 0 Å². The summed E-state index contributed by atoms with van der Waals surface area (Å²) in [5.74, 6) is -0.215. The molecule has 0 heterocycles. The first-order valence-corrected chi connectivity index (χ1v) is 5.96. The minimum absolute atomic E-state index is 0.215. The largest absolute Gasteiger partial charge is 0.385 e. The second-order valence-electron chi connectivity index (χ2n) is 4.69. The van der Waals surface area contributed by atoms with Crippen LogP contribution in [0.25, 0.3) is 0 Å². The van der Waals surface area contributed by atoms with E-state index in [0.717, 1.165) is 31.2 Å². The summed E-state index contributed by atoms with van der Waals surface area (Å²) in [6, 6.07) is 4.84. The van der Waals surface area contributed by atoms with E-state index in [9.17, 15) is 9.50 Å². The van der Waals surface area contributed by atoms with Crippen molar-refractivity contribution in [2.45, 2.75) is 52.1 Å². The minimum Gasteiger partial charge on any atom is -0.385 e. The fourth-order valence-corrected chi connectivity index (χ4v) is 1.84. The van der Waals surface area contributed by atoms with E-state index in [-0.39, 0.29) is 5.82 Å². The number of aryl methyl sites for hydroxylation is 1. The molecule has 0 saturated carbocycles. The zero-order valence-corrected chi connectivity index (χ0v) is 10.4. The van der Waals surface area contributed by atoms with E-state index < -0.39 is 5.60 Å². The highest BCUT2D eigenvalue weighted by molar-refractivity contribution is 5.28. The average Bonchev–Trinajstić information content (AvgIpc) is 2.22. The van der Waals surface area contributed by atoms with Crippen molar-refractivity contribution < 1.29 is 9.50 Å². The maximum Gasteiger partial charge on any atom is 0.126 e. The molecule has 0 bridgehead atoms. The van der Waals surface area contributed by atoms with Gasteiger partial charge in [-0.25, -0.2) is 4.39 Å². The van der Waals surface area contributed by atoms with Crippen LogP contribution in [0.15, 0.2) is 18.2 Å². The molecule has 1 unspecified atom stereocenters. The van der Waals surface area contributed by atoms with E-state index in [0.29, 0.717) is 5.56 Å². The van der Waals surface area contributed by atoms with Crippen LogP contribution in [0, 0.1) is 12.7 Å². The summed E-state index contributed by atoms with van der Waals surface area (Å²) < 4.78 is 13.1. The number of halogens is 1. The Morgan fingerprint density at radius 1 is 1.31 bits per heavy atom. The molecule has 0 fully saturated rings. The van der Waals surface area contributed by atoms with Gasteiger partial charge in [-0.3, -0.25) is 0 Å². The highest BCUT2D eigenvalue weighted by Crippen LogP contribution is 2.28. The monoisotopic (exact) mass is 224 g/mol. The normalized spacial score (nSPS) is 14.8. The lowest BCUT2D eigenvalue weighted by molar-refractivity contribution is 0.0448. The predicted octanol–water partition coefficient (Wildman–Crippen LogP) is 3.92. The molecule has 1 nitrogen and oxygen atoms in total. The van der Waals surface area contributed by atoms with E-state index in [1.54, 1.807) is 26.0 Å². The summed E-state index contributed by atoms with van der Waals surface area (Å²) in [7, 11) is 0. The zero-order chi connectivity index (χ0) is 12.2. The maximum absolute atomic E-state index is 13.1. The molecule has 1 rings (SSSR count). The van der Waals surface area contributed by atoms with Gasteiger partial charge in [0, 0.05) is 0 Å². The lowest BCUT2D eigenvalue weighted by atomic mass is 9.89. The maximum atomic E-state index is 13.1. The number of rotatable bonds is 5. The van der Waals surface area contributed by atoms with Crippen molar-refractivity contribution in [3.63, 3.8) is 0 Å². The van der Waals surface area contributed by atoms with Crippen LogP contribution < -0.4 is 0 Å². The molecular weight excluding hydrogens is 203 g/mol. The van der Waals surface area contributed by atoms with Crippen LogP contribution in [-0.2, 0) is 5.60 Å². The first-order valence-electron chi connectivity index (χ1n) is 5.96. The Kier molecular flexibility index (Phi) is 4.48. The fourth-order valence-electron chi connectivity index (χ4n) is 1.84. The smallest absolute Gasteiger partial charge is 0.126 e. The summed E-state index contributed by atoms with van der Waals surface area (Å²) in [6.45, 7) is 5.66. The molecule has 0 aliphatic heterocycles. The molecule has 1 atom stereocenters. The van der Waals surface area contributed by atoms with E-state index in [2.05, 4.69) is 6.92 Å². The molecule has 1 N–H and O–H groups in total. The third-order valence-electron chi connectivity index (χ3n) is 3.05. The number of unbranched alkanes of at least 4 members (excludes halogenated alkanes) is 2. The summed E-state index contributed by atoms with van der Waals surface area (Å²) in [5.41, 5.74) is 0.559. The highest BCUT2D eigenvalue weighted by Gasteiger charge is 2.22. The van der Waals surface area contributed by atoms with Gasteiger partial charge >= 0.3 is 0 Å². The summed E-state index contributed by atoms with van der Waals surface area (Å²) in [4.78, 5) is 0. The summed E-state index contributed by atoms with van der Waals surface area (Å²) in [6.07, 6.45) is 3.99. The second-order valence-corrected chi connectivity index (χ2v) is 4.69. The van der Waals surface area contributed by atoms with Crippen LogP contribution in [0.1, 0.15) is 50.7 Å². The van der Waals surface area contributed by atoms with E-state index in [4.69, 9.17) is 0 Å². The SMILES string of the molecule is CCCCCC(C)(O)c1ccc(F)c(C)c1. The highest BCUT2D eigenvalue weighted by atomic mass is 19.1. The average molecular weight is 224 g/mol. The molecule has 0 aliphatic carbocycles. The van der Waals surface area contributed by atoms with Crippen molar-refractivity contribution in [1.82, 2.24) is 0 Å². The van der Waals surface area contributed by atoms with Crippen LogP contribution in [0.4, 0.5) is 4.39 Å². The van der Waals surface area contributed by atoms with Crippen LogP contribution in [0.3, 0.4) is 0 Å². The number of hydrogen-bond donors (Lipinski definition) is 1. The van der Waals surface area contributed by atoms with Crippen LogP contribution in [0.2, 0.25) is 0 Å². The quantitative estimate of drug-likeness (QED) is 0.751. The first kappa shape index (κ1) is 13.2. The van der Waals surface area contributed by atoms with Crippen molar-refractivity contribution in [1.29, 1.82) is 0 Å². The minimum atomic E-state index is -0.840. The molecule has 16 heavy (non-hydrogen) atoms. The topological polar surface area (TPSA) is 20.2 Å². The molecule has 0 aliphatic rings. The van der Waals surface area contributed by atoms with Crippen LogP contribution in [0.5, 0.6) is 0 Å². The van der Waals surface area contributed by atoms with Crippen molar-refractivity contribution in [3.05, 3.63) is 35.1 Å². The Hall–Kier alpha value is -0.890. The zero-order valence-electron chi connectivity index (χ0n) is 10.4. The van der Waals surface area contributed by atoms with Gasteiger partial charge in [0.25, 0.3) is 0 Å². The number of benzene rings is 1. The molecule has 0 aromatic heterocycles. The lowest BCUT2D eigenvalue weighted by Crippen LogP contribution is -2.21. The fraction of sp³-hybridized carbons (Fsp3) is 0.571. The molecule has 2 heteroatoms. The van der Waals surface area contributed by atoms with Crippen molar-refractivity contribution in [2.24, 2.45) is 0 Å². The molecule has 1 aromatic rings. The van der Waals surface area contributed by atoms with E-state index in [1.807, 2.05) is 0 Å². The van der Waals surface area contributed by atoms with Gasteiger partial charge in [-0.05, 0) is 37.5 Å². The molecule has 0 radical (unpaired) electrons. The van der Waals surface area contributed by atoms with Crippen molar-refractivity contribution >= 4 is 0 Å². The Bertz CT molecular complexity index is 345. The third-order valence-corrected chi connectivity index (χ3v) is 3.05. The molecular formula is C14H21FO. The Balaban J connectivity index is 2.76. The van der Waals surface area contributed by atoms with Gasteiger partial charge in [0.1, 0.15) is 5.82 Å². The van der Waals surface area contributed by atoms with Gasteiger partial charge in [-0.1, -0.05) is 38.3 Å². The third kappa shape index (κ3) is 3.31. The second kappa shape index (κ2) is 5.44. The first-order chi connectivity index (χ1) is 7.47. The number of aliphatic hydroxyl groups is 1. The Morgan fingerprint density at radius 2 is 2.00 bits per heavy atom. The molecule has 90 valence electrons. The van der Waals surface area contributed by atoms with Gasteiger partial charge in [0.2, 0.25) is 0 Å². The molecule has 0 spiro atoms. The molecule has 0 amide bonds.